The number of rotatable bonds is 6. The van der Waals surface area contributed by atoms with Gasteiger partial charge in [0.15, 0.2) is 0 Å². The fourth-order valence-corrected chi connectivity index (χ4v) is 2.82. The summed E-state index contributed by atoms with van der Waals surface area (Å²) in [7, 11) is 0. The fraction of sp³-hybridized carbons (Fsp3) is 0.200. The van der Waals surface area contributed by atoms with Gasteiger partial charge >= 0.3 is 6.61 Å². The number of anilines is 1. The number of hydrogen-bond acceptors (Lipinski definition) is 3. The summed E-state index contributed by atoms with van der Waals surface area (Å²) in [6, 6.07) is 17.0. The van der Waals surface area contributed by atoms with Crippen LogP contribution in [-0.4, -0.2) is 22.3 Å². The summed E-state index contributed by atoms with van der Waals surface area (Å²) < 4.78 is 30.4. The van der Waals surface area contributed by atoms with Crippen molar-refractivity contribution in [1.29, 1.82) is 0 Å². The molecule has 1 fully saturated rings. The third-order valence-corrected chi connectivity index (χ3v) is 4.29. The first-order valence-corrected chi connectivity index (χ1v) is 8.62. The lowest BCUT2D eigenvalue weighted by Crippen LogP contribution is -2.17. The summed E-state index contributed by atoms with van der Waals surface area (Å²) in [5.41, 5.74) is 2.62. The lowest BCUT2D eigenvalue weighted by molar-refractivity contribution is -0.0498. The molecule has 138 valence electrons. The van der Waals surface area contributed by atoms with E-state index in [0.29, 0.717) is 17.3 Å². The van der Waals surface area contributed by atoms with Crippen LogP contribution in [0.2, 0.25) is 0 Å². The molecule has 3 aromatic rings. The number of alkyl halides is 2. The van der Waals surface area contributed by atoms with Crippen molar-refractivity contribution in [3.05, 3.63) is 72.1 Å². The first-order chi connectivity index (χ1) is 13.1. The van der Waals surface area contributed by atoms with Gasteiger partial charge in [0.1, 0.15) is 11.4 Å². The van der Waals surface area contributed by atoms with Gasteiger partial charge in [-0.3, -0.25) is 4.79 Å². The Hall–Kier alpha value is -3.22. The van der Waals surface area contributed by atoms with E-state index < -0.39 is 6.61 Å². The van der Waals surface area contributed by atoms with Gasteiger partial charge in [-0.2, -0.15) is 13.9 Å². The molecule has 0 atom stereocenters. The van der Waals surface area contributed by atoms with Crippen molar-refractivity contribution in [2.24, 2.45) is 0 Å². The maximum absolute atomic E-state index is 12.8. The molecular weight excluding hydrogens is 352 g/mol. The largest absolute Gasteiger partial charge is 0.435 e. The minimum absolute atomic E-state index is 0.0355. The molecule has 1 aliphatic rings. The minimum Gasteiger partial charge on any atom is -0.435 e. The molecule has 0 bridgehead atoms. The highest BCUT2D eigenvalue weighted by molar-refractivity contribution is 6.03. The van der Waals surface area contributed by atoms with Crippen LogP contribution in [-0.2, 0) is 0 Å². The van der Waals surface area contributed by atoms with Crippen molar-refractivity contribution in [2.45, 2.75) is 25.4 Å². The smallest absolute Gasteiger partial charge is 0.387 e. The van der Waals surface area contributed by atoms with Crippen molar-refractivity contribution < 1.29 is 18.3 Å². The van der Waals surface area contributed by atoms with E-state index in [-0.39, 0.29) is 11.7 Å². The molecule has 0 radical (unpaired) electrons. The summed E-state index contributed by atoms with van der Waals surface area (Å²) in [6.45, 7) is -2.88. The van der Waals surface area contributed by atoms with Gasteiger partial charge in [0.2, 0.25) is 0 Å². The van der Waals surface area contributed by atoms with E-state index in [1.807, 2.05) is 36.4 Å². The maximum atomic E-state index is 12.8. The average molecular weight is 369 g/mol. The van der Waals surface area contributed by atoms with Gasteiger partial charge in [-0.05, 0) is 55.3 Å². The monoisotopic (exact) mass is 369 g/mol. The van der Waals surface area contributed by atoms with E-state index >= 15 is 0 Å². The van der Waals surface area contributed by atoms with E-state index in [1.54, 1.807) is 4.68 Å². The third kappa shape index (κ3) is 3.97. The van der Waals surface area contributed by atoms with E-state index in [4.69, 9.17) is 0 Å². The topological polar surface area (TPSA) is 56.1 Å². The van der Waals surface area contributed by atoms with E-state index in [1.165, 1.54) is 24.3 Å². The molecule has 0 saturated heterocycles. The number of aromatic nitrogens is 2. The highest BCUT2D eigenvalue weighted by Gasteiger charge is 2.29. The van der Waals surface area contributed by atoms with Crippen LogP contribution < -0.4 is 10.1 Å². The SMILES string of the molecule is O=C(Nc1ccc(OC(F)F)cc1)c1cc(C2CC2)nn1-c1ccccc1. The van der Waals surface area contributed by atoms with Crippen LogP contribution >= 0.6 is 0 Å². The average Bonchev–Trinajstić information content (AvgIpc) is 3.42. The van der Waals surface area contributed by atoms with E-state index in [0.717, 1.165) is 24.2 Å². The number of hydrogen-bond donors (Lipinski definition) is 1. The predicted molar refractivity (Wildman–Crippen MR) is 96.6 cm³/mol. The predicted octanol–water partition coefficient (Wildman–Crippen LogP) is 4.60. The number of ether oxygens (including phenoxy) is 1. The molecule has 5 nitrogen and oxygen atoms in total. The number of carbonyl (C=O) groups excluding carboxylic acids is 1. The molecule has 1 aromatic heterocycles. The molecule has 1 saturated carbocycles. The van der Waals surface area contributed by atoms with Crippen molar-refractivity contribution in [3.63, 3.8) is 0 Å². The normalized spacial score (nSPS) is 13.6. The van der Waals surface area contributed by atoms with Gasteiger partial charge in [-0.15, -0.1) is 0 Å². The Balaban J connectivity index is 1.58. The molecule has 4 rings (SSSR count). The first-order valence-electron chi connectivity index (χ1n) is 8.62. The van der Waals surface area contributed by atoms with Gasteiger partial charge in [-0.25, -0.2) is 4.68 Å². The Morgan fingerprint density at radius 3 is 2.44 bits per heavy atom. The lowest BCUT2D eigenvalue weighted by atomic mass is 10.2. The highest BCUT2D eigenvalue weighted by Crippen LogP contribution is 2.39. The van der Waals surface area contributed by atoms with Crippen LogP contribution in [0.1, 0.15) is 34.9 Å². The Bertz CT molecular complexity index is 936. The van der Waals surface area contributed by atoms with Gasteiger partial charge in [0, 0.05) is 11.6 Å². The van der Waals surface area contributed by atoms with Crippen LogP contribution in [0.5, 0.6) is 5.75 Å². The minimum atomic E-state index is -2.88. The Morgan fingerprint density at radius 1 is 1.11 bits per heavy atom. The molecule has 1 amide bonds. The molecule has 7 heteroatoms. The molecule has 0 unspecified atom stereocenters. The number of benzene rings is 2. The van der Waals surface area contributed by atoms with Crippen molar-refractivity contribution >= 4 is 11.6 Å². The standard InChI is InChI=1S/C20H17F2N3O2/c21-20(22)27-16-10-8-14(9-11-16)23-19(26)18-12-17(13-6-7-13)24-25(18)15-4-2-1-3-5-15/h1-5,8-13,20H,6-7H2,(H,23,26). The third-order valence-electron chi connectivity index (χ3n) is 4.29. The zero-order valence-electron chi connectivity index (χ0n) is 14.3. The van der Waals surface area contributed by atoms with Gasteiger partial charge < -0.3 is 10.1 Å². The van der Waals surface area contributed by atoms with Gasteiger partial charge in [-0.1, -0.05) is 18.2 Å². The zero-order chi connectivity index (χ0) is 18.8. The molecule has 0 aliphatic heterocycles. The number of nitrogens with one attached hydrogen (secondary N) is 1. The summed E-state index contributed by atoms with van der Waals surface area (Å²) in [6.07, 6.45) is 2.16. The number of para-hydroxylation sites is 1. The Kier molecular flexibility index (Phi) is 4.58. The quantitative estimate of drug-likeness (QED) is 0.691. The van der Waals surface area contributed by atoms with Crippen LogP contribution in [0, 0.1) is 0 Å². The van der Waals surface area contributed by atoms with Crippen molar-refractivity contribution in [2.75, 3.05) is 5.32 Å². The summed E-state index contributed by atoms with van der Waals surface area (Å²) in [5, 5.41) is 7.38. The molecule has 1 aliphatic carbocycles. The lowest BCUT2D eigenvalue weighted by Gasteiger charge is -2.09. The first kappa shape index (κ1) is 17.2. The Morgan fingerprint density at radius 2 is 1.81 bits per heavy atom. The van der Waals surface area contributed by atoms with E-state index in [9.17, 15) is 13.6 Å². The van der Waals surface area contributed by atoms with E-state index in [2.05, 4.69) is 15.2 Å². The number of halogens is 2. The molecule has 27 heavy (non-hydrogen) atoms. The van der Waals surface area contributed by atoms with Crippen molar-refractivity contribution in [3.8, 4) is 11.4 Å². The molecule has 1 heterocycles. The summed E-state index contributed by atoms with van der Waals surface area (Å²) in [4.78, 5) is 12.8. The number of carbonyl (C=O) groups is 1. The second-order valence-corrected chi connectivity index (χ2v) is 6.33. The molecular formula is C20H17F2N3O2. The fourth-order valence-electron chi connectivity index (χ4n) is 2.82. The molecule has 1 N–H and O–H groups in total. The second kappa shape index (κ2) is 7.19. The Labute approximate surface area is 154 Å². The second-order valence-electron chi connectivity index (χ2n) is 6.33. The summed E-state index contributed by atoms with van der Waals surface area (Å²) in [5.74, 6) is 0.126. The zero-order valence-corrected chi connectivity index (χ0v) is 14.3. The van der Waals surface area contributed by atoms with Gasteiger partial charge in [0.05, 0.1) is 11.4 Å². The highest BCUT2D eigenvalue weighted by atomic mass is 19.3. The number of nitrogens with zero attached hydrogens (tertiary/aromatic N) is 2. The van der Waals surface area contributed by atoms with Crippen LogP contribution in [0.4, 0.5) is 14.5 Å². The van der Waals surface area contributed by atoms with Crippen LogP contribution in [0.15, 0.2) is 60.7 Å². The number of amides is 1. The van der Waals surface area contributed by atoms with Crippen LogP contribution in [0.3, 0.4) is 0 Å². The van der Waals surface area contributed by atoms with Crippen molar-refractivity contribution in [1.82, 2.24) is 9.78 Å². The van der Waals surface area contributed by atoms with Gasteiger partial charge in [0.25, 0.3) is 5.91 Å². The summed E-state index contributed by atoms with van der Waals surface area (Å²) >= 11 is 0. The maximum Gasteiger partial charge on any atom is 0.387 e. The molecule has 0 spiro atoms. The van der Waals surface area contributed by atoms with Crippen LogP contribution in [0.25, 0.3) is 5.69 Å². The molecule has 2 aromatic carbocycles.